The van der Waals surface area contributed by atoms with Crippen molar-refractivity contribution < 1.29 is 15.0 Å². The van der Waals surface area contributed by atoms with E-state index in [0.717, 1.165) is 9.35 Å². The number of aliphatic carboxylic acids is 1. The number of carbonyl (C=O) groups is 1. The predicted molar refractivity (Wildman–Crippen MR) is 61.0 cm³/mol. The molecule has 0 aliphatic heterocycles. The van der Waals surface area contributed by atoms with Gasteiger partial charge in [-0.25, -0.2) is 0 Å². The van der Waals surface area contributed by atoms with Gasteiger partial charge < -0.3 is 10.2 Å². The Morgan fingerprint density at radius 3 is 2.80 bits per heavy atom. The van der Waals surface area contributed by atoms with E-state index in [0.29, 0.717) is 19.3 Å². The van der Waals surface area contributed by atoms with Crippen LogP contribution in [0.3, 0.4) is 0 Å². The van der Waals surface area contributed by atoms with Crippen molar-refractivity contribution in [2.24, 2.45) is 5.92 Å². The van der Waals surface area contributed by atoms with Gasteiger partial charge in [-0.3, -0.25) is 4.79 Å². The molecule has 2 N–H and O–H groups in total. The fraction of sp³-hybridized carbons (Fsp3) is 0.500. The summed E-state index contributed by atoms with van der Waals surface area (Å²) in [6.45, 7) is 0. The molecule has 5 heteroatoms. The summed E-state index contributed by atoms with van der Waals surface area (Å²) >= 11 is 4.98. The summed E-state index contributed by atoms with van der Waals surface area (Å²) in [5.74, 6) is -1.17. The van der Waals surface area contributed by atoms with Crippen molar-refractivity contribution >= 4 is 33.2 Å². The zero-order chi connectivity index (χ0) is 11.1. The van der Waals surface area contributed by atoms with Gasteiger partial charge in [-0.05, 0) is 40.2 Å². The van der Waals surface area contributed by atoms with Gasteiger partial charge in [0.25, 0.3) is 0 Å². The molecule has 1 aliphatic rings. The quantitative estimate of drug-likeness (QED) is 0.898. The van der Waals surface area contributed by atoms with Crippen LogP contribution in [-0.2, 0) is 11.2 Å². The Kier molecular flexibility index (Phi) is 2.87. The molecule has 3 nitrogen and oxygen atoms in total. The first kappa shape index (κ1) is 11.1. The van der Waals surface area contributed by atoms with Crippen molar-refractivity contribution in [1.29, 1.82) is 0 Å². The maximum Gasteiger partial charge on any atom is 0.306 e. The van der Waals surface area contributed by atoms with Gasteiger partial charge in [-0.1, -0.05) is 0 Å². The Balaban J connectivity index is 1.97. The van der Waals surface area contributed by atoms with E-state index >= 15 is 0 Å². The third-order valence-electron chi connectivity index (χ3n) is 2.78. The lowest BCUT2D eigenvalue weighted by molar-refractivity contribution is -0.157. The smallest absolute Gasteiger partial charge is 0.306 e. The van der Waals surface area contributed by atoms with Gasteiger partial charge in [0.15, 0.2) is 0 Å². The molecule has 1 fully saturated rings. The van der Waals surface area contributed by atoms with E-state index < -0.39 is 11.6 Å². The summed E-state index contributed by atoms with van der Waals surface area (Å²) < 4.78 is 1.000. The molecule has 0 spiro atoms. The molecule has 0 radical (unpaired) electrons. The van der Waals surface area contributed by atoms with Crippen molar-refractivity contribution in [2.75, 3.05) is 0 Å². The molecule has 1 aromatic rings. The topological polar surface area (TPSA) is 57.5 Å². The van der Waals surface area contributed by atoms with E-state index in [1.54, 1.807) is 11.3 Å². The van der Waals surface area contributed by atoms with Gasteiger partial charge in [0.2, 0.25) is 0 Å². The number of halogens is 1. The number of rotatable bonds is 3. The third-order valence-corrected chi connectivity index (χ3v) is 4.71. The number of carboxylic acids is 1. The molecular weight excluding hydrogens is 280 g/mol. The van der Waals surface area contributed by atoms with E-state index in [2.05, 4.69) is 15.9 Å². The summed E-state index contributed by atoms with van der Waals surface area (Å²) in [4.78, 5) is 11.7. The van der Waals surface area contributed by atoms with Gasteiger partial charge in [0.1, 0.15) is 0 Å². The lowest BCUT2D eigenvalue weighted by atomic mass is 9.69. The molecule has 0 unspecified atom stereocenters. The first-order valence-electron chi connectivity index (χ1n) is 4.67. The van der Waals surface area contributed by atoms with Gasteiger partial charge in [0, 0.05) is 15.8 Å². The number of hydrogen-bond donors (Lipinski definition) is 2. The first-order valence-corrected chi connectivity index (χ1v) is 6.34. The zero-order valence-electron chi connectivity index (χ0n) is 7.94. The highest BCUT2D eigenvalue weighted by molar-refractivity contribution is 9.10. The minimum absolute atomic E-state index is 0.367. The molecule has 1 aliphatic carbocycles. The number of hydrogen-bond acceptors (Lipinski definition) is 3. The van der Waals surface area contributed by atoms with Gasteiger partial charge in [-0.15, -0.1) is 11.3 Å². The molecule has 0 atom stereocenters. The first-order chi connectivity index (χ1) is 7.00. The lowest BCUT2D eigenvalue weighted by Crippen LogP contribution is -2.48. The van der Waals surface area contributed by atoms with Gasteiger partial charge in [-0.2, -0.15) is 0 Å². The van der Waals surface area contributed by atoms with Crippen LogP contribution in [0.2, 0.25) is 0 Å². The van der Waals surface area contributed by atoms with Crippen LogP contribution < -0.4 is 0 Å². The second-order valence-electron chi connectivity index (χ2n) is 4.04. The summed E-state index contributed by atoms with van der Waals surface area (Å²) in [6, 6.07) is 1.94. The second kappa shape index (κ2) is 3.88. The maximum atomic E-state index is 10.6. The third kappa shape index (κ3) is 2.24. The van der Waals surface area contributed by atoms with Gasteiger partial charge in [0.05, 0.1) is 11.5 Å². The summed E-state index contributed by atoms with van der Waals surface area (Å²) in [5, 5.41) is 20.7. The standard InChI is InChI=1S/C10H11BrO3S/c11-7-1-2-15-8(7)5-10(14)3-6(4-10)9(12)13/h1-2,6,14H,3-5H2,(H,12,13). The van der Waals surface area contributed by atoms with E-state index in [9.17, 15) is 9.90 Å². The van der Waals surface area contributed by atoms with Crippen LogP contribution in [0.4, 0.5) is 0 Å². The Hall–Kier alpha value is -0.390. The number of thiophene rings is 1. The van der Waals surface area contributed by atoms with Crippen LogP contribution in [0.5, 0.6) is 0 Å². The fourth-order valence-electron chi connectivity index (χ4n) is 1.93. The van der Waals surface area contributed by atoms with Crippen LogP contribution in [-0.4, -0.2) is 21.8 Å². The summed E-state index contributed by atoms with van der Waals surface area (Å²) in [5.41, 5.74) is -0.809. The molecule has 82 valence electrons. The van der Waals surface area contributed by atoms with E-state index in [1.807, 2.05) is 11.4 Å². The van der Waals surface area contributed by atoms with Crippen LogP contribution in [0.1, 0.15) is 17.7 Å². The average molecular weight is 291 g/mol. The second-order valence-corrected chi connectivity index (χ2v) is 5.89. The highest BCUT2D eigenvalue weighted by atomic mass is 79.9. The van der Waals surface area contributed by atoms with E-state index in [4.69, 9.17) is 5.11 Å². The molecule has 0 saturated heterocycles. The molecule has 2 rings (SSSR count). The van der Waals surface area contributed by atoms with Crippen molar-refractivity contribution in [3.63, 3.8) is 0 Å². The minimum atomic E-state index is -0.809. The Bertz CT molecular complexity index is 382. The largest absolute Gasteiger partial charge is 0.481 e. The number of aliphatic hydroxyl groups is 1. The predicted octanol–water partition coefficient (Wildman–Crippen LogP) is 2.28. The van der Waals surface area contributed by atoms with Crippen molar-refractivity contribution in [2.45, 2.75) is 24.9 Å². The molecule has 15 heavy (non-hydrogen) atoms. The van der Waals surface area contributed by atoms with Crippen LogP contribution in [0.15, 0.2) is 15.9 Å². The van der Waals surface area contributed by atoms with Crippen LogP contribution in [0.25, 0.3) is 0 Å². The SMILES string of the molecule is O=C(O)C1CC(O)(Cc2sccc2Br)C1. The van der Waals surface area contributed by atoms with Crippen molar-refractivity contribution in [3.05, 3.63) is 20.8 Å². The Morgan fingerprint density at radius 2 is 2.33 bits per heavy atom. The molecule has 0 aromatic carbocycles. The van der Waals surface area contributed by atoms with Crippen molar-refractivity contribution in [1.82, 2.24) is 0 Å². The van der Waals surface area contributed by atoms with Crippen LogP contribution in [0, 0.1) is 5.92 Å². The molecule has 1 heterocycles. The maximum absolute atomic E-state index is 10.6. The normalized spacial score (nSPS) is 29.9. The highest BCUT2D eigenvalue weighted by Gasteiger charge is 2.46. The molecule has 1 saturated carbocycles. The van der Waals surface area contributed by atoms with Gasteiger partial charge >= 0.3 is 5.97 Å². The van der Waals surface area contributed by atoms with Crippen molar-refractivity contribution in [3.8, 4) is 0 Å². The zero-order valence-corrected chi connectivity index (χ0v) is 10.3. The van der Waals surface area contributed by atoms with E-state index in [-0.39, 0.29) is 5.92 Å². The summed E-state index contributed by atoms with van der Waals surface area (Å²) in [7, 11) is 0. The highest BCUT2D eigenvalue weighted by Crippen LogP contribution is 2.42. The average Bonchev–Trinajstić information content (AvgIpc) is 2.47. The lowest BCUT2D eigenvalue weighted by Gasteiger charge is -2.41. The molecule has 0 amide bonds. The van der Waals surface area contributed by atoms with E-state index in [1.165, 1.54) is 0 Å². The molecule has 1 aromatic heterocycles. The Morgan fingerprint density at radius 1 is 1.67 bits per heavy atom. The minimum Gasteiger partial charge on any atom is -0.481 e. The number of carboxylic acid groups (broad SMARTS) is 1. The van der Waals surface area contributed by atoms with Crippen LogP contribution >= 0.6 is 27.3 Å². The Labute approximate surface area is 99.9 Å². The summed E-state index contributed by atoms with van der Waals surface area (Å²) in [6.07, 6.45) is 1.29. The fourth-order valence-corrected chi connectivity index (χ4v) is 3.56. The molecule has 0 bridgehead atoms. The molecular formula is C10H11BrO3S. The monoisotopic (exact) mass is 290 g/mol.